The van der Waals surface area contributed by atoms with E-state index in [1.165, 1.54) is 11.3 Å². The first kappa shape index (κ1) is 12.4. The molecule has 1 N–H and O–H groups in total. The van der Waals surface area contributed by atoms with E-state index in [4.69, 9.17) is 11.6 Å². The lowest BCUT2D eigenvalue weighted by Gasteiger charge is -2.15. The maximum Gasteiger partial charge on any atom is 0.150 e. The second kappa shape index (κ2) is 4.64. The molecule has 6 heteroatoms. The molecule has 2 rings (SSSR count). The highest BCUT2D eigenvalue weighted by Gasteiger charge is 2.32. The predicted octanol–water partition coefficient (Wildman–Crippen LogP) is 1.74. The third kappa shape index (κ3) is 2.97. The first-order chi connectivity index (χ1) is 7.46. The van der Waals surface area contributed by atoms with Crippen molar-refractivity contribution in [1.29, 1.82) is 0 Å². The van der Waals surface area contributed by atoms with Crippen molar-refractivity contribution in [3.05, 3.63) is 21.3 Å². The Bertz CT molecular complexity index is 466. The van der Waals surface area contributed by atoms with E-state index in [9.17, 15) is 13.5 Å². The number of rotatable bonds is 3. The van der Waals surface area contributed by atoms with E-state index >= 15 is 0 Å². The summed E-state index contributed by atoms with van der Waals surface area (Å²) in [5.74, 6) is 0.207. The molecule has 1 aliphatic rings. The summed E-state index contributed by atoms with van der Waals surface area (Å²) in [6.07, 6.45) is 0.493. The van der Waals surface area contributed by atoms with Gasteiger partial charge in [0.05, 0.1) is 21.9 Å². The standard InChI is InChI=1S/C10H13ClO3S2/c11-10-2-1-8(15-10)5-9(12)7-3-4-16(13,14)6-7/h1-2,7,9,12H,3-6H2. The zero-order chi connectivity index (χ0) is 11.8. The van der Waals surface area contributed by atoms with Gasteiger partial charge in [0.1, 0.15) is 0 Å². The van der Waals surface area contributed by atoms with Crippen molar-refractivity contribution in [3.63, 3.8) is 0 Å². The van der Waals surface area contributed by atoms with Gasteiger partial charge in [-0.3, -0.25) is 0 Å². The van der Waals surface area contributed by atoms with E-state index in [1.54, 1.807) is 6.07 Å². The van der Waals surface area contributed by atoms with Crippen LogP contribution in [0.3, 0.4) is 0 Å². The van der Waals surface area contributed by atoms with Gasteiger partial charge in [-0.05, 0) is 18.6 Å². The van der Waals surface area contributed by atoms with Gasteiger partial charge in [0, 0.05) is 17.2 Å². The van der Waals surface area contributed by atoms with Gasteiger partial charge in [-0.1, -0.05) is 11.6 Å². The second-order valence-corrected chi connectivity index (χ2v) is 8.17. The van der Waals surface area contributed by atoms with Gasteiger partial charge in [-0.15, -0.1) is 11.3 Å². The van der Waals surface area contributed by atoms with E-state index in [0.717, 1.165) is 4.88 Å². The lowest BCUT2D eigenvalue weighted by molar-refractivity contribution is 0.121. The van der Waals surface area contributed by atoms with Crippen LogP contribution in [0.4, 0.5) is 0 Å². The molecule has 2 unspecified atom stereocenters. The Kier molecular flexibility index (Phi) is 3.59. The summed E-state index contributed by atoms with van der Waals surface area (Å²) in [5, 5.41) is 9.94. The van der Waals surface area contributed by atoms with Gasteiger partial charge < -0.3 is 5.11 Å². The van der Waals surface area contributed by atoms with Crippen LogP contribution in [-0.4, -0.2) is 31.1 Å². The fourth-order valence-corrected chi connectivity index (χ4v) is 4.97. The van der Waals surface area contributed by atoms with Crippen molar-refractivity contribution in [1.82, 2.24) is 0 Å². The van der Waals surface area contributed by atoms with Gasteiger partial charge in [-0.25, -0.2) is 8.42 Å². The fraction of sp³-hybridized carbons (Fsp3) is 0.600. The number of thiophene rings is 1. The SMILES string of the molecule is O=S1(=O)CCC(C(O)Cc2ccc(Cl)s2)C1. The van der Waals surface area contributed by atoms with E-state index in [-0.39, 0.29) is 17.4 Å². The highest BCUT2D eigenvalue weighted by atomic mass is 35.5. The minimum atomic E-state index is -2.91. The molecule has 0 aromatic carbocycles. The summed E-state index contributed by atoms with van der Waals surface area (Å²) in [6.45, 7) is 0. The maximum atomic E-state index is 11.3. The summed E-state index contributed by atoms with van der Waals surface area (Å²) in [6, 6.07) is 3.67. The van der Waals surface area contributed by atoms with Crippen LogP contribution < -0.4 is 0 Å². The summed E-state index contributed by atoms with van der Waals surface area (Å²) < 4.78 is 23.2. The average molecular weight is 281 g/mol. The zero-order valence-corrected chi connectivity index (χ0v) is 11.0. The lowest BCUT2D eigenvalue weighted by atomic mass is 9.99. The minimum absolute atomic E-state index is 0.118. The molecular weight excluding hydrogens is 268 g/mol. The Morgan fingerprint density at radius 3 is 2.81 bits per heavy atom. The Hall–Kier alpha value is -0.100. The summed E-state index contributed by atoms with van der Waals surface area (Å²) in [4.78, 5) is 1.00. The van der Waals surface area contributed by atoms with Gasteiger partial charge in [0.25, 0.3) is 0 Å². The Labute approximate surface area is 104 Å². The van der Waals surface area contributed by atoms with Crippen LogP contribution in [0.2, 0.25) is 4.34 Å². The number of halogens is 1. The minimum Gasteiger partial charge on any atom is -0.392 e. The average Bonchev–Trinajstić information content (AvgIpc) is 2.72. The molecule has 3 nitrogen and oxygen atoms in total. The molecule has 1 saturated heterocycles. The molecule has 16 heavy (non-hydrogen) atoms. The molecule has 90 valence electrons. The first-order valence-electron chi connectivity index (χ1n) is 5.09. The van der Waals surface area contributed by atoms with E-state index < -0.39 is 15.9 Å². The van der Waals surface area contributed by atoms with Crippen molar-refractivity contribution < 1.29 is 13.5 Å². The van der Waals surface area contributed by atoms with Crippen molar-refractivity contribution in [2.45, 2.75) is 18.9 Å². The molecule has 0 radical (unpaired) electrons. The molecule has 0 aliphatic carbocycles. The van der Waals surface area contributed by atoms with Crippen LogP contribution >= 0.6 is 22.9 Å². The molecule has 0 bridgehead atoms. The van der Waals surface area contributed by atoms with Crippen molar-refractivity contribution in [2.24, 2.45) is 5.92 Å². The lowest BCUT2D eigenvalue weighted by Crippen LogP contribution is -2.23. The van der Waals surface area contributed by atoms with E-state index in [0.29, 0.717) is 17.2 Å². The molecule has 1 fully saturated rings. The molecule has 0 amide bonds. The zero-order valence-electron chi connectivity index (χ0n) is 8.60. The number of sulfone groups is 1. The largest absolute Gasteiger partial charge is 0.392 e. The smallest absolute Gasteiger partial charge is 0.150 e. The first-order valence-corrected chi connectivity index (χ1v) is 8.10. The summed E-state index contributed by atoms with van der Waals surface area (Å²) in [5.41, 5.74) is 0. The van der Waals surface area contributed by atoms with Gasteiger partial charge in [0.15, 0.2) is 9.84 Å². The fourth-order valence-electron chi connectivity index (χ4n) is 1.96. The molecule has 2 atom stereocenters. The number of hydrogen-bond donors (Lipinski definition) is 1. The Balaban J connectivity index is 1.96. The van der Waals surface area contributed by atoms with Crippen LogP contribution in [-0.2, 0) is 16.3 Å². The molecule has 1 aromatic heterocycles. The van der Waals surface area contributed by atoms with E-state index in [1.807, 2.05) is 6.07 Å². The number of hydrogen-bond acceptors (Lipinski definition) is 4. The maximum absolute atomic E-state index is 11.3. The van der Waals surface area contributed by atoms with Crippen LogP contribution in [0.25, 0.3) is 0 Å². The molecule has 0 spiro atoms. The van der Waals surface area contributed by atoms with Crippen molar-refractivity contribution in [2.75, 3.05) is 11.5 Å². The van der Waals surface area contributed by atoms with Gasteiger partial charge >= 0.3 is 0 Å². The van der Waals surface area contributed by atoms with Crippen LogP contribution in [0.15, 0.2) is 12.1 Å². The summed E-state index contributed by atoms with van der Waals surface area (Å²) >= 11 is 7.22. The molecule has 1 aromatic rings. The molecule has 1 aliphatic heterocycles. The predicted molar refractivity (Wildman–Crippen MR) is 65.8 cm³/mol. The van der Waals surface area contributed by atoms with Crippen molar-refractivity contribution >= 4 is 32.8 Å². The number of aliphatic hydroxyl groups is 1. The van der Waals surface area contributed by atoms with E-state index in [2.05, 4.69) is 0 Å². The van der Waals surface area contributed by atoms with Crippen molar-refractivity contribution in [3.8, 4) is 0 Å². The number of aliphatic hydroxyl groups excluding tert-OH is 1. The van der Waals surface area contributed by atoms with Crippen LogP contribution in [0, 0.1) is 5.92 Å². The molecular formula is C10H13ClO3S2. The molecule has 0 saturated carbocycles. The highest BCUT2D eigenvalue weighted by Crippen LogP contribution is 2.27. The topological polar surface area (TPSA) is 54.4 Å². The third-order valence-corrected chi connectivity index (χ3v) is 5.90. The Morgan fingerprint density at radius 1 is 1.56 bits per heavy atom. The highest BCUT2D eigenvalue weighted by molar-refractivity contribution is 7.91. The second-order valence-electron chi connectivity index (χ2n) is 4.14. The summed E-state index contributed by atoms with van der Waals surface area (Å²) in [7, 11) is -2.91. The van der Waals surface area contributed by atoms with Gasteiger partial charge in [-0.2, -0.15) is 0 Å². The molecule has 2 heterocycles. The van der Waals surface area contributed by atoms with Crippen LogP contribution in [0.5, 0.6) is 0 Å². The quantitative estimate of drug-likeness (QED) is 0.918. The Morgan fingerprint density at radius 2 is 2.31 bits per heavy atom. The van der Waals surface area contributed by atoms with Gasteiger partial charge in [0.2, 0.25) is 0 Å². The van der Waals surface area contributed by atoms with Crippen LogP contribution in [0.1, 0.15) is 11.3 Å². The third-order valence-electron chi connectivity index (χ3n) is 2.85. The normalized spacial score (nSPS) is 25.8. The monoisotopic (exact) mass is 280 g/mol.